The predicted molar refractivity (Wildman–Crippen MR) is 104 cm³/mol. The third-order valence-corrected chi connectivity index (χ3v) is 4.78. The third kappa shape index (κ3) is 9.85. The Labute approximate surface area is 172 Å². The van der Waals surface area contributed by atoms with Crippen molar-refractivity contribution in [1.82, 2.24) is 10.4 Å². The molecule has 9 heteroatoms. The highest BCUT2D eigenvalue weighted by Crippen LogP contribution is 2.18. The van der Waals surface area contributed by atoms with E-state index in [1.54, 1.807) is 7.11 Å². The molecule has 1 saturated heterocycles. The van der Waals surface area contributed by atoms with Gasteiger partial charge in [-0.1, -0.05) is 0 Å². The van der Waals surface area contributed by atoms with Gasteiger partial charge in [0.15, 0.2) is 0 Å². The average Bonchev–Trinajstić information content (AvgIpc) is 2.93. The van der Waals surface area contributed by atoms with Gasteiger partial charge in [0.05, 0.1) is 17.8 Å². The molecule has 1 aliphatic heterocycles. The summed E-state index contributed by atoms with van der Waals surface area (Å²) in [7, 11) is 1.67. The predicted octanol–water partition coefficient (Wildman–Crippen LogP) is 1.88. The van der Waals surface area contributed by atoms with Crippen molar-refractivity contribution >= 4 is 23.7 Å². The van der Waals surface area contributed by atoms with Crippen LogP contribution < -0.4 is 5.32 Å². The maximum absolute atomic E-state index is 11.9. The number of carbonyl (C=O) groups excluding carboxylic acids is 4. The first-order chi connectivity index (χ1) is 13.5. The molecule has 1 heterocycles. The van der Waals surface area contributed by atoms with Crippen LogP contribution in [-0.2, 0) is 33.5 Å². The maximum atomic E-state index is 11.9. The molecule has 0 aromatic rings. The van der Waals surface area contributed by atoms with Gasteiger partial charge in [0.25, 0.3) is 11.8 Å². The van der Waals surface area contributed by atoms with Crippen molar-refractivity contribution in [3.8, 4) is 0 Å². The van der Waals surface area contributed by atoms with Crippen LogP contribution in [0.15, 0.2) is 0 Å². The molecule has 0 aromatic heterocycles. The van der Waals surface area contributed by atoms with Crippen molar-refractivity contribution in [2.75, 3.05) is 20.3 Å². The van der Waals surface area contributed by atoms with Gasteiger partial charge in [-0.15, -0.1) is 5.06 Å². The van der Waals surface area contributed by atoms with Gasteiger partial charge in [0.2, 0.25) is 5.91 Å². The van der Waals surface area contributed by atoms with E-state index in [0.29, 0.717) is 24.6 Å². The largest absolute Gasteiger partial charge is 0.379 e. The molecule has 0 atom stereocenters. The summed E-state index contributed by atoms with van der Waals surface area (Å²) in [5.74, 6) is -1.91. The van der Waals surface area contributed by atoms with Crippen LogP contribution in [0.25, 0.3) is 0 Å². The van der Waals surface area contributed by atoms with Crippen molar-refractivity contribution in [2.45, 2.75) is 83.8 Å². The fraction of sp³-hybridized carbons (Fsp3) is 0.800. The van der Waals surface area contributed by atoms with E-state index in [1.807, 2.05) is 27.7 Å². The van der Waals surface area contributed by atoms with E-state index < -0.39 is 17.8 Å². The Bertz CT molecular complexity index is 586. The first-order valence-corrected chi connectivity index (χ1v) is 9.98. The number of carbonyl (C=O) groups is 4. The third-order valence-electron chi connectivity index (χ3n) is 4.78. The van der Waals surface area contributed by atoms with Gasteiger partial charge < -0.3 is 19.6 Å². The number of hydroxylamine groups is 2. The molecule has 0 saturated carbocycles. The Hall–Kier alpha value is -2.00. The molecule has 166 valence electrons. The van der Waals surface area contributed by atoms with Crippen molar-refractivity contribution in [3.05, 3.63) is 0 Å². The van der Waals surface area contributed by atoms with Crippen LogP contribution in [0.3, 0.4) is 0 Å². The van der Waals surface area contributed by atoms with Gasteiger partial charge in [-0.25, -0.2) is 4.79 Å². The van der Waals surface area contributed by atoms with Crippen molar-refractivity contribution in [3.63, 3.8) is 0 Å². The molecule has 1 rings (SSSR count). The molecule has 0 aromatic carbocycles. The van der Waals surface area contributed by atoms with Gasteiger partial charge >= 0.3 is 5.97 Å². The molecular weight excluding hydrogens is 380 g/mol. The highest BCUT2D eigenvalue weighted by atomic mass is 16.7. The summed E-state index contributed by atoms with van der Waals surface area (Å²) in [6.07, 6.45) is 1.90. The smallest absolute Gasteiger partial charge is 0.333 e. The Morgan fingerprint density at radius 2 is 1.62 bits per heavy atom. The summed E-state index contributed by atoms with van der Waals surface area (Å²) in [6, 6.07) is 0. The fourth-order valence-corrected chi connectivity index (χ4v) is 2.54. The second kappa shape index (κ2) is 11.3. The van der Waals surface area contributed by atoms with E-state index in [-0.39, 0.29) is 49.2 Å². The summed E-state index contributed by atoms with van der Waals surface area (Å²) < 4.78 is 11.3. The number of ether oxygens (including phenoxy) is 2. The summed E-state index contributed by atoms with van der Waals surface area (Å²) in [4.78, 5) is 51.1. The zero-order chi connectivity index (χ0) is 22.1. The standard InChI is InChI=1S/C20H34N2O7/c1-19(2,27-5)12-14-28-20(3,4)11-13-21-15(23)7-6-8-18(26)29-22-16(24)9-10-17(22)25/h6-14H2,1-5H3,(H,21,23). The molecule has 0 spiro atoms. The quantitative estimate of drug-likeness (QED) is 0.458. The van der Waals surface area contributed by atoms with Crippen LogP contribution >= 0.6 is 0 Å². The Morgan fingerprint density at radius 3 is 2.21 bits per heavy atom. The highest BCUT2D eigenvalue weighted by molar-refractivity contribution is 6.01. The summed E-state index contributed by atoms with van der Waals surface area (Å²) in [5.41, 5.74) is -0.615. The molecule has 1 aliphatic rings. The number of hydrogen-bond donors (Lipinski definition) is 1. The lowest BCUT2D eigenvalue weighted by Gasteiger charge is -2.29. The first-order valence-electron chi connectivity index (χ1n) is 9.98. The fourth-order valence-electron chi connectivity index (χ4n) is 2.54. The minimum absolute atomic E-state index is 0.0473. The van der Waals surface area contributed by atoms with Gasteiger partial charge in [0.1, 0.15) is 0 Å². The van der Waals surface area contributed by atoms with Crippen LogP contribution in [0.1, 0.15) is 72.6 Å². The van der Waals surface area contributed by atoms with Gasteiger partial charge in [-0.2, -0.15) is 0 Å². The zero-order valence-corrected chi connectivity index (χ0v) is 18.2. The van der Waals surface area contributed by atoms with Crippen LogP contribution in [0, 0.1) is 0 Å². The summed E-state index contributed by atoms with van der Waals surface area (Å²) in [6.45, 7) is 8.96. The molecular formula is C20H34N2O7. The molecule has 3 amide bonds. The maximum Gasteiger partial charge on any atom is 0.333 e. The van der Waals surface area contributed by atoms with E-state index in [9.17, 15) is 19.2 Å². The van der Waals surface area contributed by atoms with Crippen LogP contribution in [0.5, 0.6) is 0 Å². The molecule has 0 aliphatic carbocycles. The van der Waals surface area contributed by atoms with E-state index >= 15 is 0 Å². The molecule has 0 radical (unpaired) electrons. The van der Waals surface area contributed by atoms with E-state index in [0.717, 1.165) is 6.42 Å². The van der Waals surface area contributed by atoms with Crippen molar-refractivity contribution < 1.29 is 33.5 Å². The molecule has 1 N–H and O–H groups in total. The Kier molecular flexibility index (Phi) is 9.72. The summed E-state index contributed by atoms with van der Waals surface area (Å²) in [5, 5.41) is 3.32. The van der Waals surface area contributed by atoms with Gasteiger partial charge in [0, 0.05) is 39.3 Å². The number of rotatable bonds is 13. The second-order valence-corrected chi connectivity index (χ2v) is 8.32. The Balaban J connectivity index is 2.16. The zero-order valence-electron chi connectivity index (χ0n) is 18.2. The lowest BCUT2D eigenvalue weighted by atomic mass is 10.0. The highest BCUT2D eigenvalue weighted by Gasteiger charge is 2.32. The Morgan fingerprint density at radius 1 is 1.00 bits per heavy atom. The first kappa shape index (κ1) is 25.0. The second-order valence-electron chi connectivity index (χ2n) is 8.32. The number of amides is 3. The van der Waals surface area contributed by atoms with Gasteiger partial charge in [-0.3, -0.25) is 14.4 Å². The number of imide groups is 1. The SMILES string of the molecule is COC(C)(C)CCOC(C)(C)CCNC(=O)CCCC(=O)ON1C(=O)CCC1=O. The minimum atomic E-state index is -0.699. The lowest BCUT2D eigenvalue weighted by Crippen LogP contribution is -2.34. The molecule has 0 bridgehead atoms. The average molecular weight is 414 g/mol. The topological polar surface area (TPSA) is 111 Å². The number of nitrogens with one attached hydrogen (secondary N) is 1. The van der Waals surface area contributed by atoms with Crippen molar-refractivity contribution in [2.24, 2.45) is 0 Å². The molecule has 9 nitrogen and oxygen atoms in total. The number of methoxy groups -OCH3 is 1. The summed E-state index contributed by atoms with van der Waals surface area (Å²) >= 11 is 0. The van der Waals surface area contributed by atoms with Crippen LogP contribution in [0.4, 0.5) is 0 Å². The number of nitrogens with zero attached hydrogens (tertiary/aromatic N) is 1. The van der Waals surface area contributed by atoms with E-state index in [2.05, 4.69) is 5.32 Å². The normalized spacial score (nSPS) is 15.0. The molecule has 0 unspecified atom stereocenters. The lowest BCUT2D eigenvalue weighted by molar-refractivity contribution is -0.197. The molecule has 1 fully saturated rings. The number of hydrogen-bond acceptors (Lipinski definition) is 7. The monoisotopic (exact) mass is 414 g/mol. The van der Waals surface area contributed by atoms with Crippen LogP contribution in [-0.4, -0.2) is 60.2 Å². The van der Waals surface area contributed by atoms with Crippen LogP contribution in [0.2, 0.25) is 0 Å². The van der Waals surface area contributed by atoms with E-state index in [1.165, 1.54) is 0 Å². The van der Waals surface area contributed by atoms with Crippen molar-refractivity contribution in [1.29, 1.82) is 0 Å². The molecule has 29 heavy (non-hydrogen) atoms. The minimum Gasteiger partial charge on any atom is -0.379 e. The van der Waals surface area contributed by atoms with Gasteiger partial charge in [-0.05, 0) is 47.0 Å². The van der Waals surface area contributed by atoms with E-state index in [4.69, 9.17) is 14.3 Å².